The summed E-state index contributed by atoms with van der Waals surface area (Å²) < 4.78 is 5.20. The number of rotatable bonds is 4. The molecular weight excluding hydrogens is 307 g/mol. The van der Waals surface area contributed by atoms with E-state index in [0.717, 1.165) is 16.7 Å². The van der Waals surface area contributed by atoms with Gasteiger partial charge in [-0.2, -0.15) is 0 Å². The molecule has 0 fully saturated rings. The van der Waals surface area contributed by atoms with Gasteiger partial charge in [-0.25, -0.2) is 0 Å². The lowest BCUT2D eigenvalue weighted by molar-refractivity contribution is -0.143. The fraction of sp³-hybridized carbons (Fsp3) is 0.235. The van der Waals surface area contributed by atoms with E-state index in [1.54, 1.807) is 25.1 Å². The smallest absolute Gasteiger partial charge is 0.317 e. The molecule has 0 bridgehead atoms. The van der Waals surface area contributed by atoms with E-state index in [1.807, 2.05) is 31.2 Å². The van der Waals surface area contributed by atoms with Gasteiger partial charge in [-0.15, -0.1) is 0 Å². The summed E-state index contributed by atoms with van der Waals surface area (Å²) in [6.07, 6.45) is 0. The molecule has 110 valence electrons. The van der Waals surface area contributed by atoms with Crippen molar-refractivity contribution >= 4 is 29.2 Å². The maximum atomic E-state index is 12.3. The predicted molar refractivity (Wildman–Crippen MR) is 86.1 cm³/mol. The molecule has 0 radical (unpaired) electrons. The van der Waals surface area contributed by atoms with Crippen molar-refractivity contribution in [1.29, 1.82) is 0 Å². The molecule has 0 heterocycles. The van der Waals surface area contributed by atoms with Gasteiger partial charge in [0.2, 0.25) is 0 Å². The molecule has 2 aromatic carbocycles. The van der Waals surface area contributed by atoms with Crippen LogP contribution in [0.4, 0.5) is 0 Å². The number of halogens is 2. The van der Waals surface area contributed by atoms with Crippen LogP contribution in [0.2, 0.25) is 10.0 Å². The zero-order chi connectivity index (χ0) is 15.4. The Morgan fingerprint density at radius 2 is 1.67 bits per heavy atom. The summed E-state index contributed by atoms with van der Waals surface area (Å²) in [5.74, 6) is -0.792. The number of hydrogen-bond acceptors (Lipinski definition) is 2. The summed E-state index contributed by atoms with van der Waals surface area (Å²) in [6, 6.07) is 13.0. The first kappa shape index (κ1) is 15.9. The average Bonchev–Trinajstić information content (AvgIpc) is 2.45. The topological polar surface area (TPSA) is 26.3 Å². The lowest BCUT2D eigenvalue weighted by atomic mass is 9.91. The van der Waals surface area contributed by atoms with Crippen LogP contribution >= 0.6 is 23.2 Å². The zero-order valence-electron chi connectivity index (χ0n) is 11.9. The van der Waals surface area contributed by atoms with Crippen LogP contribution in [0.1, 0.15) is 29.5 Å². The Kier molecular flexibility index (Phi) is 5.27. The second-order valence-electron chi connectivity index (χ2n) is 4.77. The Labute approximate surface area is 134 Å². The van der Waals surface area contributed by atoms with Crippen molar-refractivity contribution in [1.82, 2.24) is 0 Å². The lowest BCUT2D eigenvalue weighted by Gasteiger charge is -2.17. The second-order valence-corrected chi connectivity index (χ2v) is 5.58. The SMILES string of the molecule is CCOC(=O)C(c1ccc(C)cc1)c1ccc(Cl)c(Cl)c1. The third kappa shape index (κ3) is 3.78. The zero-order valence-corrected chi connectivity index (χ0v) is 13.4. The maximum Gasteiger partial charge on any atom is 0.317 e. The summed E-state index contributed by atoms with van der Waals surface area (Å²) in [6.45, 7) is 4.13. The van der Waals surface area contributed by atoms with E-state index in [2.05, 4.69) is 0 Å². The fourth-order valence-corrected chi connectivity index (χ4v) is 2.45. The van der Waals surface area contributed by atoms with Crippen LogP contribution in [0.5, 0.6) is 0 Å². The van der Waals surface area contributed by atoms with E-state index in [-0.39, 0.29) is 5.97 Å². The highest BCUT2D eigenvalue weighted by Gasteiger charge is 2.24. The number of aryl methyl sites for hydroxylation is 1. The minimum atomic E-state index is -0.500. The van der Waals surface area contributed by atoms with Crippen molar-refractivity contribution in [3.63, 3.8) is 0 Å². The van der Waals surface area contributed by atoms with Gasteiger partial charge in [-0.1, -0.05) is 59.1 Å². The molecule has 0 amide bonds. The molecule has 2 aromatic rings. The van der Waals surface area contributed by atoms with Crippen LogP contribution in [0.3, 0.4) is 0 Å². The summed E-state index contributed by atoms with van der Waals surface area (Å²) in [5.41, 5.74) is 2.78. The van der Waals surface area contributed by atoms with Gasteiger partial charge in [0.05, 0.1) is 16.7 Å². The van der Waals surface area contributed by atoms with Crippen molar-refractivity contribution in [2.24, 2.45) is 0 Å². The Balaban J connectivity index is 2.47. The average molecular weight is 323 g/mol. The predicted octanol–water partition coefficient (Wildman–Crippen LogP) is 5.00. The molecule has 21 heavy (non-hydrogen) atoms. The highest BCUT2D eigenvalue weighted by Crippen LogP contribution is 2.31. The molecule has 0 N–H and O–H groups in total. The Hall–Kier alpha value is -1.51. The Morgan fingerprint density at radius 3 is 2.24 bits per heavy atom. The lowest BCUT2D eigenvalue weighted by Crippen LogP contribution is -2.17. The van der Waals surface area contributed by atoms with Gasteiger partial charge in [0, 0.05) is 0 Å². The third-order valence-corrected chi connectivity index (χ3v) is 3.95. The second kappa shape index (κ2) is 6.97. The summed E-state index contributed by atoms with van der Waals surface area (Å²) in [5, 5.41) is 0.891. The van der Waals surface area contributed by atoms with Crippen LogP contribution in [0.25, 0.3) is 0 Å². The van der Waals surface area contributed by atoms with Crippen molar-refractivity contribution in [2.75, 3.05) is 6.61 Å². The van der Waals surface area contributed by atoms with Crippen molar-refractivity contribution < 1.29 is 9.53 Å². The van der Waals surface area contributed by atoms with Gasteiger partial charge in [-0.05, 0) is 37.1 Å². The first-order chi connectivity index (χ1) is 10.0. The number of hydrogen-bond donors (Lipinski definition) is 0. The molecule has 0 aliphatic carbocycles. The van der Waals surface area contributed by atoms with E-state index >= 15 is 0 Å². The number of carbonyl (C=O) groups excluding carboxylic acids is 1. The summed E-state index contributed by atoms with van der Waals surface area (Å²) in [4.78, 5) is 12.3. The van der Waals surface area contributed by atoms with Gasteiger partial charge in [0.25, 0.3) is 0 Å². The van der Waals surface area contributed by atoms with Crippen LogP contribution in [-0.2, 0) is 9.53 Å². The van der Waals surface area contributed by atoms with E-state index < -0.39 is 5.92 Å². The number of benzene rings is 2. The first-order valence-corrected chi connectivity index (χ1v) is 7.46. The van der Waals surface area contributed by atoms with E-state index in [9.17, 15) is 4.79 Å². The van der Waals surface area contributed by atoms with Crippen LogP contribution in [0.15, 0.2) is 42.5 Å². The maximum absolute atomic E-state index is 12.3. The molecule has 0 aliphatic heterocycles. The molecule has 2 nitrogen and oxygen atoms in total. The highest BCUT2D eigenvalue weighted by atomic mass is 35.5. The molecule has 0 aliphatic rings. The number of carbonyl (C=O) groups is 1. The van der Waals surface area contributed by atoms with Crippen LogP contribution in [-0.4, -0.2) is 12.6 Å². The largest absolute Gasteiger partial charge is 0.465 e. The minimum absolute atomic E-state index is 0.292. The first-order valence-electron chi connectivity index (χ1n) is 6.71. The van der Waals surface area contributed by atoms with Gasteiger partial charge >= 0.3 is 5.97 Å². The molecule has 0 spiro atoms. The normalized spacial score (nSPS) is 12.0. The number of ether oxygens (including phenoxy) is 1. The molecule has 1 unspecified atom stereocenters. The van der Waals surface area contributed by atoms with E-state index in [1.165, 1.54) is 0 Å². The molecule has 1 atom stereocenters. The minimum Gasteiger partial charge on any atom is -0.465 e. The van der Waals surface area contributed by atoms with Crippen molar-refractivity contribution in [3.8, 4) is 0 Å². The molecule has 0 aromatic heterocycles. The monoisotopic (exact) mass is 322 g/mol. The van der Waals surface area contributed by atoms with E-state index in [4.69, 9.17) is 27.9 Å². The quantitative estimate of drug-likeness (QED) is 0.740. The number of esters is 1. The fourth-order valence-electron chi connectivity index (χ4n) is 2.14. The molecule has 4 heteroatoms. The van der Waals surface area contributed by atoms with Gasteiger partial charge < -0.3 is 4.74 Å². The standard InChI is InChI=1S/C17H16Cl2O2/c1-3-21-17(20)16(12-6-4-11(2)5-7-12)13-8-9-14(18)15(19)10-13/h4-10,16H,3H2,1-2H3. The third-order valence-electron chi connectivity index (χ3n) is 3.21. The van der Waals surface area contributed by atoms with Crippen molar-refractivity contribution in [3.05, 3.63) is 69.2 Å². The van der Waals surface area contributed by atoms with Gasteiger partial charge in [0.1, 0.15) is 5.92 Å². The van der Waals surface area contributed by atoms with Crippen LogP contribution in [0, 0.1) is 6.92 Å². The molecular formula is C17H16Cl2O2. The van der Waals surface area contributed by atoms with Crippen LogP contribution < -0.4 is 0 Å². The highest BCUT2D eigenvalue weighted by molar-refractivity contribution is 6.42. The molecule has 0 saturated heterocycles. The Morgan fingerprint density at radius 1 is 1.05 bits per heavy atom. The summed E-state index contributed by atoms with van der Waals surface area (Å²) in [7, 11) is 0. The Bertz CT molecular complexity index is 636. The van der Waals surface area contributed by atoms with Gasteiger partial charge in [-0.3, -0.25) is 4.79 Å². The molecule has 2 rings (SSSR count). The molecule has 0 saturated carbocycles. The summed E-state index contributed by atoms with van der Waals surface area (Å²) >= 11 is 12.0. The van der Waals surface area contributed by atoms with Gasteiger partial charge in [0.15, 0.2) is 0 Å². The van der Waals surface area contributed by atoms with E-state index in [0.29, 0.717) is 16.7 Å². The van der Waals surface area contributed by atoms with Crippen molar-refractivity contribution in [2.45, 2.75) is 19.8 Å².